The standard InChI is InChI=1S/C10H10BrF3N2/c11-7-3-1-6(2-4-7)8-5-9(16-15-8)10(12,13)14/h1-4,8-9,15-16H,5H2. The van der Waals surface area contributed by atoms with Crippen molar-refractivity contribution < 1.29 is 13.2 Å². The van der Waals surface area contributed by atoms with Gasteiger partial charge in [-0.25, -0.2) is 10.9 Å². The monoisotopic (exact) mass is 294 g/mol. The lowest BCUT2D eigenvalue weighted by molar-refractivity contribution is -0.153. The Hall–Kier alpha value is -0.590. The van der Waals surface area contributed by atoms with Gasteiger partial charge in [0.1, 0.15) is 6.04 Å². The second-order valence-corrected chi connectivity index (χ2v) is 4.64. The van der Waals surface area contributed by atoms with Gasteiger partial charge in [0.15, 0.2) is 0 Å². The van der Waals surface area contributed by atoms with Crippen LogP contribution in [0.2, 0.25) is 0 Å². The smallest absolute Gasteiger partial charge is 0.250 e. The van der Waals surface area contributed by atoms with Crippen molar-refractivity contribution in [2.24, 2.45) is 0 Å². The minimum Gasteiger partial charge on any atom is -0.250 e. The highest BCUT2D eigenvalue weighted by Gasteiger charge is 2.44. The molecule has 2 unspecified atom stereocenters. The maximum atomic E-state index is 12.4. The van der Waals surface area contributed by atoms with Gasteiger partial charge in [-0.2, -0.15) is 13.2 Å². The highest BCUT2D eigenvalue weighted by Crippen LogP contribution is 2.31. The van der Waals surface area contributed by atoms with Crippen LogP contribution in [0.25, 0.3) is 0 Å². The van der Waals surface area contributed by atoms with Crippen molar-refractivity contribution >= 4 is 15.9 Å². The first-order valence-electron chi connectivity index (χ1n) is 4.80. The van der Waals surface area contributed by atoms with Crippen molar-refractivity contribution in [3.05, 3.63) is 34.3 Å². The lowest BCUT2D eigenvalue weighted by Gasteiger charge is -2.13. The van der Waals surface area contributed by atoms with Gasteiger partial charge < -0.3 is 0 Å². The van der Waals surface area contributed by atoms with Crippen molar-refractivity contribution in [2.45, 2.75) is 24.7 Å². The summed E-state index contributed by atoms with van der Waals surface area (Å²) in [6, 6.07) is 5.49. The van der Waals surface area contributed by atoms with Crippen LogP contribution in [0.1, 0.15) is 18.0 Å². The molecule has 2 rings (SSSR count). The van der Waals surface area contributed by atoms with E-state index in [1.54, 1.807) is 0 Å². The molecule has 0 bridgehead atoms. The van der Waals surface area contributed by atoms with Gasteiger partial charge >= 0.3 is 6.18 Å². The van der Waals surface area contributed by atoms with Gasteiger partial charge in [0.25, 0.3) is 0 Å². The van der Waals surface area contributed by atoms with Gasteiger partial charge in [0, 0.05) is 10.5 Å². The van der Waals surface area contributed by atoms with Gasteiger partial charge in [0.05, 0.1) is 0 Å². The lowest BCUT2D eigenvalue weighted by Crippen LogP contribution is -2.40. The molecule has 1 saturated heterocycles. The highest BCUT2D eigenvalue weighted by molar-refractivity contribution is 9.10. The molecule has 0 aliphatic carbocycles. The zero-order valence-electron chi connectivity index (χ0n) is 8.18. The van der Waals surface area contributed by atoms with Crippen molar-refractivity contribution in [3.8, 4) is 0 Å². The molecule has 2 N–H and O–H groups in total. The maximum absolute atomic E-state index is 12.4. The fourth-order valence-electron chi connectivity index (χ4n) is 1.68. The average molecular weight is 295 g/mol. The Bertz CT molecular complexity index is 363. The Labute approximate surface area is 99.3 Å². The summed E-state index contributed by atoms with van der Waals surface area (Å²) in [6.45, 7) is 0. The van der Waals surface area contributed by atoms with E-state index in [0.717, 1.165) is 10.0 Å². The molecular weight excluding hydrogens is 285 g/mol. The van der Waals surface area contributed by atoms with E-state index in [1.165, 1.54) is 0 Å². The summed E-state index contributed by atoms with van der Waals surface area (Å²) in [5.41, 5.74) is 5.79. The minimum atomic E-state index is -4.20. The Morgan fingerprint density at radius 1 is 1.12 bits per heavy atom. The summed E-state index contributed by atoms with van der Waals surface area (Å²) >= 11 is 3.28. The van der Waals surface area contributed by atoms with E-state index in [-0.39, 0.29) is 12.5 Å². The molecule has 0 spiro atoms. The first-order chi connectivity index (χ1) is 7.47. The number of nitrogens with one attached hydrogen (secondary N) is 2. The predicted octanol–water partition coefficient (Wildman–Crippen LogP) is 2.92. The summed E-state index contributed by atoms with van der Waals surface area (Å²) in [5, 5.41) is 0. The number of hydrogen-bond acceptors (Lipinski definition) is 2. The van der Waals surface area contributed by atoms with Crippen LogP contribution in [0, 0.1) is 0 Å². The van der Waals surface area contributed by atoms with E-state index in [2.05, 4.69) is 26.8 Å². The molecule has 0 aromatic heterocycles. The molecule has 2 nitrogen and oxygen atoms in total. The van der Waals surface area contributed by atoms with Crippen molar-refractivity contribution in [1.82, 2.24) is 10.9 Å². The van der Waals surface area contributed by atoms with Crippen LogP contribution >= 0.6 is 15.9 Å². The van der Waals surface area contributed by atoms with Crippen molar-refractivity contribution in [1.29, 1.82) is 0 Å². The number of hydrogen-bond donors (Lipinski definition) is 2. The fourth-order valence-corrected chi connectivity index (χ4v) is 1.95. The molecule has 16 heavy (non-hydrogen) atoms. The number of benzene rings is 1. The van der Waals surface area contributed by atoms with Gasteiger partial charge in [-0.15, -0.1) is 0 Å². The molecule has 1 aliphatic heterocycles. The second kappa shape index (κ2) is 4.35. The summed E-state index contributed by atoms with van der Waals surface area (Å²) in [5.74, 6) is 0. The fraction of sp³-hybridized carbons (Fsp3) is 0.400. The number of rotatable bonds is 1. The SMILES string of the molecule is FC(F)(F)C1CC(c2ccc(Br)cc2)NN1. The van der Waals surface area contributed by atoms with Crippen LogP contribution in [-0.2, 0) is 0 Å². The van der Waals surface area contributed by atoms with Crippen LogP contribution < -0.4 is 10.9 Å². The Balaban J connectivity index is 2.06. The predicted molar refractivity (Wildman–Crippen MR) is 57.6 cm³/mol. The Kier molecular flexibility index (Phi) is 3.23. The van der Waals surface area contributed by atoms with Gasteiger partial charge in [-0.05, 0) is 24.1 Å². The third-order valence-corrected chi connectivity index (χ3v) is 3.10. The highest BCUT2D eigenvalue weighted by atomic mass is 79.9. The van der Waals surface area contributed by atoms with E-state index in [1.807, 2.05) is 24.3 Å². The van der Waals surface area contributed by atoms with Crippen LogP contribution in [0.15, 0.2) is 28.7 Å². The largest absolute Gasteiger partial charge is 0.405 e. The van der Waals surface area contributed by atoms with Crippen LogP contribution in [0.3, 0.4) is 0 Å². The van der Waals surface area contributed by atoms with Gasteiger partial charge in [0.2, 0.25) is 0 Å². The summed E-state index contributed by atoms with van der Waals surface area (Å²) in [4.78, 5) is 0. The topological polar surface area (TPSA) is 24.1 Å². The Morgan fingerprint density at radius 2 is 1.75 bits per heavy atom. The summed E-state index contributed by atoms with van der Waals surface area (Å²) in [6.07, 6.45) is -4.18. The van der Waals surface area contributed by atoms with Crippen molar-refractivity contribution in [2.75, 3.05) is 0 Å². The minimum absolute atomic E-state index is 0.0190. The van der Waals surface area contributed by atoms with Gasteiger partial charge in [-0.3, -0.25) is 0 Å². The molecular formula is C10H10BrF3N2. The molecule has 1 fully saturated rings. The van der Waals surface area contributed by atoms with Crippen LogP contribution in [-0.4, -0.2) is 12.2 Å². The van der Waals surface area contributed by atoms with E-state index in [0.29, 0.717) is 0 Å². The molecule has 0 amide bonds. The number of alkyl halides is 3. The number of hydrazine groups is 1. The van der Waals surface area contributed by atoms with E-state index < -0.39 is 12.2 Å². The van der Waals surface area contributed by atoms with E-state index in [4.69, 9.17) is 0 Å². The van der Waals surface area contributed by atoms with Crippen LogP contribution in [0.5, 0.6) is 0 Å². The molecule has 0 saturated carbocycles. The zero-order chi connectivity index (χ0) is 11.8. The lowest BCUT2D eigenvalue weighted by atomic mass is 10.0. The van der Waals surface area contributed by atoms with E-state index in [9.17, 15) is 13.2 Å². The molecule has 88 valence electrons. The molecule has 6 heteroatoms. The average Bonchev–Trinajstić information content (AvgIpc) is 2.67. The van der Waals surface area contributed by atoms with E-state index >= 15 is 0 Å². The quantitative estimate of drug-likeness (QED) is 0.832. The third-order valence-electron chi connectivity index (χ3n) is 2.57. The summed E-state index contributed by atoms with van der Waals surface area (Å²) < 4.78 is 38.1. The Morgan fingerprint density at radius 3 is 2.25 bits per heavy atom. The first kappa shape index (κ1) is 11.9. The van der Waals surface area contributed by atoms with Crippen molar-refractivity contribution in [3.63, 3.8) is 0 Å². The first-order valence-corrected chi connectivity index (χ1v) is 5.59. The third kappa shape index (κ3) is 2.56. The summed E-state index contributed by atoms with van der Waals surface area (Å²) in [7, 11) is 0. The maximum Gasteiger partial charge on any atom is 0.405 e. The molecule has 0 radical (unpaired) electrons. The molecule has 1 aromatic rings. The van der Waals surface area contributed by atoms with Crippen LogP contribution in [0.4, 0.5) is 13.2 Å². The second-order valence-electron chi connectivity index (χ2n) is 3.72. The molecule has 1 aromatic carbocycles. The normalized spacial score (nSPS) is 26.0. The molecule has 1 aliphatic rings. The zero-order valence-corrected chi connectivity index (χ0v) is 9.77. The molecule has 1 heterocycles. The number of halogens is 4. The van der Waals surface area contributed by atoms with Gasteiger partial charge in [-0.1, -0.05) is 28.1 Å². The molecule has 2 atom stereocenters.